The van der Waals surface area contributed by atoms with Crippen LogP contribution in [0.1, 0.15) is 18.2 Å². The van der Waals surface area contributed by atoms with Crippen molar-refractivity contribution in [3.63, 3.8) is 0 Å². The van der Waals surface area contributed by atoms with Crippen LogP contribution in [0.15, 0.2) is 41.4 Å². The van der Waals surface area contributed by atoms with Crippen molar-refractivity contribution in [2.24, 2.45) is 0 Å². The van der Waals surface area contributed by atoms with Crippen LogP contribution in [-0.4, -0.2) is 47.9 Å². The van der Waals surface area contributed by atoms with E-state index in [1.807, 2.05) is 6.07 Å². The molecule has 5 heterocycles. The van der Waals surface area contributed by atoms with Crippen molar-refractivity contribution in [2.75, 3.05) is 19.0 Å². The van der Waals surface area contributed by atoms with Gasteiger partial charge in [-0.25, -0.2) is 13.4 Å². The Hall–Kier alpha value is -2.27. The zero-order chi connectivity index (χ0) is 21.9. The van der Waals surface area contributed by atoms with E-state index in [1.54, 1.807) is 31.6 Å². The lowest BCUT2D eigenvalue weighted by Gasteiger charge is -2.43. The predicted octanol–water partition coefficient (Wildman–Crippen LogP) is 3.49. The van der Waals surface area contributed by atoms with Crippen molar-refractivity contribution in [3.05, 3.63) is 46.9 Å². The summed E-state index contributed by atoms with van der Waals surface area (Å²) in [6, 6.07) is 3.69. The Morgan fingerprint density at radius 1 is 1.29 bits per heavy atom. The summed E-state index contributed by atoms with van der Waals surface area (Å²) in [7, 11) is -3.63. The molecule has 3 aromatic heterocycles. The highest BCUT2D eigenvalue weighted by Crippen LogP contribution is 2.45. The Morgan fingerprint density at radius 2 is 2.10 bits per heavy atom. The van der Waals surface area contributed by atoms with E-state index in [0.29, 0.717) is 28.8 Å². The summed E-state index contributed by atoms with van der Waals surface area (Å²) in [5, 5.41) is 12.1. The number of amidine groups is 1. The van der Waals surface area contributed by atoms with Gasteiger partial charge in [0.05, 0.1) is 34.7 Å². The van der Waals surface area contributed by atoms with E-state index >= 15 is 0 Å². The van der Waals surface area contributed by atoms with E-state index in [4.69, 9.17) is 26.2 Å². The third-order valence-corrected chi connectivity index (χ3v) is 10.3. The van der Waals surface area contributed by atoms with Gasteiger partial charge in [-0.05, 0) is 25.5 Å². The molecule has 0 unspecified atom stereocenters. The summed E-state index contributed by atoms with van der Waals surface area (Å²) in [5.41, 5.74) is 0.520. The van der Waals surface area contributed by atoms with Gasteiger partial charge in [0.25, 0.3) is 0 Å². The molecule has 2 N–H and O–H groups in total. The molecule has 2 saturated heterocycles. The van der Waals surface area contributed by atoms with E-state index in [1.165, 1.54) is 17.6 Å². The van der Waals surface area contributed by atoms with Gasteiger partial charge in [-0.2, -0.15) is 0 Å². The summed E-state index contributed by atoms with van der Waals surface area (Å²) >= 11 is 7.96. The maximum Gasteiger partial charge on any atom is 0.227 e. The molecular formula is C20H19ClN4O4S2. The van der Waals surface area contributed by atoms with Crippen LogP contribution in [0.3, 0.4) is 0 Å². The van der Waals surface area contributed by atoms with Crippen LogP contribution in [0.5, 0.6) is 0 Å². The number of halogens is 1. The maximum atomic E-state index is 13.2. The number of hydrogen-bond donors (Lipinski definition) is 2. The minimum Gasteiger partial charge on any atom is -0.444 e. The molecule has 0 bridgehead atoms. The molecule has 8 nitrogen and oxygen atoms in total. The van der Waals surface area contributed by atoms with Gasteiger partial charge >= 0.3 is 0 Å². The number of rotatable bonds is 3. The number of hydrogen-bond acceptors (Lipinski definition) is 8. The van der Waals surface area contributed by atoms with Crippen molar-refractivity contribution < 1.29 is 17.6 Å². The lowest BCUT2D eigenvalue weighted by molar-refractivity contribution is 0.193. The average Bonchev–Trinajstić information content (AvgIpc) is 3.47. The van der Waals surface area contributed by atoms with Crippen LogP contribution >= 0.6 is 22.9 Å². The second-order valence-electron chi connectivity index (χ2n) is 7.98. The van der Waals surface area contributed by atoms with Gasteiger partial charge in [0.1, 0.15) is 12.1 Å². The molecule has 2 aliphatic heterocycles. The third-order valence-electron chi connectivity index (χ3n) is 5.81. The van der Waals surface area contributed by atoms with Gasteiger partial charge in [0, 0.05) is 34.3 Å². The summed E-state index contributed by atoms with van der Waals surface area (Å²) < 4.78 is 35.9. The maximum absolute atomic E-state index is 13.2. The zero-order valence-corrected chi connectivity index (χ0v) is 18.9. The van der Waals surface area contributed by atoms with E-state index < -0.39 is 20.1 Å². The summed E-state index contributed by atoms with van der Waals surface area (Å²) in [4.78, 5) is 9.91. The fourth-order valence-electron chi connectivity index (χ4n) is 4.16. The number of ether oxygens (including phenoxy) is 1. The molecular weight excluding hydrogens is 460 g/mol. The van der Waals surface area contributed by atoms with Crippen LogP contribution in [-0.2, 0) is 20.1 Å². The Balaban J connectivity index is 1.52. The Bertz CT molecular complexity index is 1270. The molecule has 1 spiro atoms. The van der Waals surface area contributed by atoms with Crippen molar-refractivity contribution in [3.8, 4) is 21.9 Å². The Morgan fingerprint density at radius 3 is 2.77 bits per heavy atom. The third kappa shape index (κ3) is 3.20. The zero-order valence-electron chi connectivity index (χ0n) is 16.5. The lowest BCUT2D eigenvalue weighted by atomic mass is 9.98. The number of pyridine rings is 1. The van der Waals surface area contributed by atoms with Gasteiger partial charge in [-0.1, -0.05) is 11.6 Å². The summed E-state index contributed by atoms with van der Waals surface area (Å²) in [5.74, 6) is 0.263. The SMILES string of the molecule is C[C@@]1(c2sc(-c3cncc(-c4ncco4)c3)cc2Cl)CS(=O)(=O)[C@@]2(CCOC2)C(=N)N1. The van der Waals surface area contributed by atoms with Crippen molar-refractivity contribution in [1.29, 1.82) is 5.41 Å². The highest BCUT2D eigenvalue weighted by Gasteiger charge is 2.58. The molecule has 0 aromatic carbocycles. The van der Waals surface area contributed by atoms with Gasteiger partial charge in [-0.3, -0.25) is 10.4 Å². The van der Waals surface area contributed by atoms with Crippen molar-refractivity contribution in [2.45, 2.75) is 23.6 Å². The van der Waals surface area contributed by atoms with Crippen LogP contribution < -0.4 is 5.32 Å². The number of oxazole rings is 1. The first-order valence-electron chi connectivity index (χ1n) is 9.56. The number of sulfone groups is 1. The van der Waals surface area contributed by atoms with Crippen LogP contribution in [0, 0.1) is 5.41 Å². The first kappa shape index (κ1) is 20.6. The number of nitrogens with one attached hydrogen (secondary N) is 2. The van der Waals surface area contributed by atoms with Gasteiger partial charge in [0.2, 0.25) is 5.89 Å². The summed E-state index contributed by atoms with van der Waals surface area (Å²) in [6.45, 7) is 2.11. The monoisotopic (exact) mass is 478 g/mol. The van der Waals surface area contributed by atoms with Gasteiger partial charge in [-0.15, -0.1) is 11.3 Å². The van der Waals surface area contributed by atoms with Crippen LogP contribution in [0.25, 0.3) is 21.9 Å². The molecule has 2 fully saturated rings. The molecule has 5 rings (SSSR count). The highest BCUT2D eigenvalue weighted by molar-refractivity contribution is 7.93. The second kappa shape index (κ2) is 7.13. The minimum atomic E-state index is -3.63. The molecule has 3 aromatic rings. The molecule has 2 atom stereocenters. The van der Waals surface area contributed by atoms with Crippen molar-refractivity contribution in [1.82, 2.24) is 15.3 Å². The topological polar surface area (TPSA) is 118 Å². The normalized spacial score (nSPS) is 27.5. The molecule has 0 radical (unpaired) electrons. The van der Waals surface area contributed by atoms with Gasteiger partial charge < -0.3 is 14.5 Å². The fraction of sp³-hybridized carbons (Fsp3) is 0.350. The predicted molar refractivity (Wildman–Crippen MR) is 118 cm³/mol. The van der Waals surface area contributed by atoms with E-state index in [2.05, 4.69) is 15.3 Å². The highest BCUT2D eigenvalue weighted by atomic mass is 35.5. The largest absolute Gasteiger partial charge is 0.444 e. The fourth-order valence-corrected chi connectivity index (χ4v) is 8.15. The quantitative estimate of drug-likeness (QED) is 0.591. The molecule has 11 heteroatoms. The molecule has 2 aliphatic rings. The minimum absolute atomic E-state index is 0.0138. The Kier molecular flexibility index (Phi) is 4.74. The number of aromatic nitrogens is 2. The molecule has 0 amide bonds. The number of nitrogens with zero attached hydrogens (tertiary/aromatic N) is 2. The van der Waals surface area contributed by atoms with Gasteiger partial charge in [0.15, 0.2) is 14.6 Å². The van der Waals surface area contributed by atoms with E-state index in [-0.39, 0.29) is 18.2 Å². The summed E-state index contributed by atoms with van der Waals surface area (Å²) in [6.07, 6.45) is 6.72. The van der Waals surface area contributed by atoms with Crippen molar-refractivity contribution >= 4 is 38.6 Å². The molecule has 0 aliphatic carbocycles. The Labute approximate surface area is 188 Å². The lowest BCUT2D eigenvalue weighted by Crippen LogP contribution is -2.66. The smallest absolute Gasteiger partial charge is 0.227 e. The standard InChI is InChI=1S/C20H19ClN4O4S2/c1-19(11-31(26,27)20(18(22)25-19)2-4-28-10-20)16-14(21)7-15(30-16)12-6-13(9-23-8-12)17-24-3-5-29-17/h3,5-9H,2,4,10-11H2,1H3,(H2,22,25)/t19-,20+/m0/s1. The van der Waals surface area contributed by atoms with Crippen LogP contribution in [0.2, 0.25) is 5.02 Å². The van der Waals surface area contributed by atoms with Crippen LogP contribution in [0.4, 0.5) is 0 Å². The first-order valence-corrected chi connectivity index (χ1v) is 12.4. The molecule has 31 heavy (non-hydrogen) atoms. The number of thiophene rings is 1. The van der Waals surface area contributed by atoms with E-state index in [0.717, 1.165) is 16.0 Å². The van der Waals surface area contributed by atoms with E-state index in [9.17, 15) is 8.42 Å². The first-order chi connectivity index (χ1) is 14.7. The second-order valence-corrected chi connectivity index (χ2v) is 11.7. The average molecular weight is 479 g/mol. The molecule has 0 saturated carbocycles. The molecule has 162 valence electrons.